The molecule has 3 rings (SSSR count). The molecule has 1 amide bonds. The van der Waals surface area contributed by atoms with Gasteiger partial charge < -0.3 is 14.6 Å². The Kier molecular flexibility index (Phi) is 5.17. The summed E-state index contributed by atoms with van der Waals surface area (Å²) in [5.41, 5.74) is 0.873. The molecule has 0 spiro atoms. The number of carbonyl (C=O) groups is 1. The van der Waals surface area contributed by atoms with Gasteiger partial charge in [-0.05, 0) is 45.2 Å². The van der Waals surface area contributed by atoms with Crippen LogP contribution in [0.2, 0.25) is 0 Å². The van der Waals surface area contributed by atoms with Gasteiger partial charge >= 0.3 is 0 Å². The van der Waals surface area contributed by atoms with Gasteiger partial charge in [0.2, 0.25) is 10.0 Å². The molecule has 1 aliphatic rings. The van der Waals surface area contributed by atoms with Crippen LogP contribution in [-0.4, -0.2) is 56.8 Å². The molecule has 1 aliphatic heterocycles. The Morgan fingerprint density at radius 2 is 1.81 bits per heavy atom. The van der Waals surface area contributed by atoms with Crippen LogP contribution in [0.5, 0.6) is 0 Å². The molecule has 1 fully saturated rings. The van der Waals surface area contributed by atoms with E-state index in [9.17, 15) is 13.2 Å². The average Bonchev–Trinajstić information content (AvgIpc) is 2.94. The molecule has 8 heteroatoms. The zero-order valence-corrected chi connectivity index (χ0v) is 16.0. The second-order valence-corrected chi connectivity index (χ2v) is 8.45. The molecule has 140 valence electrons. The van der Waals surface area contributed by atoms with E-state index >= 15 is 0 Å². The molecule has 1 aromatic carbocycles. The predicted octanol–water partition coefficient (Wildman–Crippen LogP) is 2.08. The maximum absolute atomic E-state index is 12.8. The predicted molar refractivity (Wildman–Crippen MR) is 98.8 cm³/mol. The smallest absolute Gasteiger partial charge is 0.259 e. The zero-order valence-electron chi connectivity index (χ0n) is 15.2. The fourth-order valence-corrected chi connectivity index (χ4v) is 4.44. The van der Waals surface area contributed by atoms with Gasteiger partial charge in [0.25, 0.3) is 5.91 Å². The second kappa shape index (κ2) is 7.22. The minimum absolute atomic E-state index is 0.181. The van der Waals surface area contributed by atoms with Gasteiger partial charge in [-0.15, -0.1) is 0 Å². The number of rotatable bonds is 4. The lowest BCUT2D eigenvalue weighted by molar-refractivity contribution is 0.102. The molecule has 1 N–H and O–H groups in total. The summed E-state index contributed by atoms with van der Waals surface area (Å²) < 4.78 is 32.5. The Bertz CT molecular complexity index is 912. The summed E-state index contributed by atoms with van der Waals surface area (Å²) in [6, 6.07) is 8.01. The number of benzene rings is 1. The lowest BCUT2D eigenvalue weighted by atomic mass is 10.2. The topological polar surface area (TPSA) is 82.9 Å². The highest BCUT2D eigenvalue weighted by Gasteiger charge is 2.27. The van der Waals surface area contributed by atoms with E-state index in [-0.39, 0.29) is 10.8 Å². The molecule has 2 heterocycles. The van der Waals surface area contributed by atoms with Crippen LogP contribution in [0, 0.1) is 13.8 Å². The zero-order chi connectivity index (χ0) is 18.9. The molecule has 0 radical (unpaired) electrons. The Morgan fingerprint density at radius 1 is 1.12 bits per heavy atom. The fraction of sp³-hybridized carbons (Fsp3) is 0.389. The third kappa shape index (κ3) is 3.82. The highest BCUT2D eigenvalue weighted by atomic mass is 32.2. The molecule has 7 nitrogen and oxygen atoms in total. The van der Waals surface area contributed by atoms with Crippen LogP contribution in [0.3, 0.4) is 0 Å². The Hall–Kier alpha value is -2.16. The first-order valence-corrected chi connectivity index (χ1v) is 9.88. The van der Waals surface area contributed by atoms with E-state index in [4.69, 9.17) is 4.42 Å². The van der Waals surface area contributed by atoms with E-state index in [0.29, 0.717) is 49.0 Å². The average molecular weight is 377 g/mol. The number of sulfonamides is 1. The van der Waals surface area contributed by atoms with Gasteiger partial charge in [-0.3, -0.25) is 4.79 Å². The van der Waals surface area contributed by atoms with E-state index < -0.39 is 10.0 Å². The Labute approximate surface area is 153 Å². The first kappa shape index (κ1) is 18.6. The number of furan rings is 1. The van der Waals surface area contributed by atoms with Crippen LogP contribution in [0.25, 0.3) is 0 Å². The lowest BCUT2D eigenvalue weighted by Crippen LogP contribution is -2.47. The van der Waals surface area contributed by atoms with Gasteiger partial charge in [0.05, 0.1) is 10.5 Å². The van der Waals surface area contributed by atoms with E-state index in [1.807, 2.05) is 7.05 Å². The quantitative estimate of drug-likeness (QED) is 0.882. The number of likely N-dealkylation sites (N-methyl/N-ethyl adjacent to an activating group) is 1. The van der Waals surface area contributed by atoms with Gasteiger partial charge in [-0.1, -0.05) is 6.07 Å². The van der Waals surface area contributed by atoms with Crippen LogP contribution in [0.15, 0.2) is 39.6 Å². The van der Waals surface area contributed by atoms with E-state index in [0.717, 1.165) is 0 Å². The van der Waals surface area contributed by atoms with Gasteiger partial charge in [0.15, 0.2) is 0 Å². The van der Waals surface area contributed by atoms with Crippen LogP contribution < -0.4 is 5.32 Å². The molecule has 0 atom stereocenters. The van der Waals surface area contributed by atoms with Crippen molar-refractivity contribution in [3.8, 4) is 0 Å². The summed E-state index contributed by atoms with van der Waals surface area (Å²) >= 11 is 0. The van der Waals surface area contributed by atoms with Crippen LogP contribution >= 0.6 is 0 Å². The number of hydrogen-bond acceptors (Lipinski definition) is 5. The molecule has 0 aliphatic carbocycles. The van der Waals surface area contributed by atoms with Crippen molar-refractivity contribution < 1.29 is 17.6 Å². The van der Waals surface area contributed by atoms with Crippen molar-refractivity contribution in [2.45, 2.75) is 18.7 Å². The Morgan fingerprint density at radius 3 is 2.42 bits per heavy atom. The van der Waals surface area contributed by atoms with Crippen LogP contribution in [0.4, 0.5) is 5.69 Å². The van der Waals surface area contributed by atoms with E-state index in [1.54, 1.807) is 38.1 Å². The number of nitrogens with one attached hydrogen (secondary N) is 1. The fourth-order valence-electron chi connectivity index (χ4n) is 2.97. The first-order chi connectivity index (χ1) is 12.3. The molecule has 26 heavy (non-hydrogen) atoms. The minimum Gasteiger partial charge on any atom is -0.466 e. The highest BCUT2D eigenvalue weighted by molar-refractivity contribution is 7.89. The van der Waals surface area contributed by atoms with Crippen molar-refractivity contribution in [3.63, 3.8) is 0 Å². The van der Waals surface area contributed by atoms with Gasteiger partial charge in [0, 0.05) is 31.9 Å². The summed E-state index contributed by atoms with van der Waals surface area (Å²) in [6.45, 7) is 5.82. The molecule has 0 saturated carbocycles. The summed E-state index contributed by atoms with van der Waals surface area (Å²) in [4.78, 5) is 14.7. The maximum Gasteiger partial charge on any atom is 0.259 e. The molecule has 0 bridgehead atoms. The van der Waals surface area contributed by atoms with Gasteiger partial charge in [-0.25, -0.2) is 8.42 Å². The molecule has 1 aromatic heterocycles. The largest absolute Gasteiger partial charge is 0.466 e. The Balaban J connectivity index is 1.80. The summed E-state index contributed by atoms with van der Waals surface area (Å²) in [5.74, 6) is 0.855. The summed E-state index contributed by atoms with van der Waals surface area (Å²) in [6.07, 6.45) is 0. The SMILES string of the molecule is Cc1cc(C(=O)Nc2cccc(S(=O)(=O)N3CCN(C)CC3)c2)c(C)o1. The molecular formula is C18H23N3O4S. The van der Waals surface area contributed by atoms with Crippen molar-refractivity contribution in [1.29, 1.82) is 0 Å². The number of carbonyl (C=O) groups excluding carboxylic acids is 1. The van der Waals surface area contributed by atoms with E-state index in [1.165, 1.54) is 10.4 Å². The normalized spacial score (nSPS) is 16.6. The summed E-state index contributed by atoms with van der Waals surface area (Å²) in [7, 11) is -1.60. The summed E-state index contributed by atoms with van der Waals surface area (Å²) in [5, 5.41) is 2.74. The van der Waals surface area contributed by atoms with Gasteiger partial charge in [-0.2, -0.15) is 4.31 Å². The number of nitrogens with zero attached hydrogens (tertiary/aromatic N) is 2. The monoisotopic (exact) mass is 377 g/mol. The maximum atomic E-state index is 12.8. The number of anilines is 1. The van der Waals surface area contributed by atoms with Gasteiger partial charge in [0.1, 0.15) is 11.5 Å². The van der Waals surface area contributed by atoms with Crippen molar-refractivity contribution >= 4 is 21.6 Å². The van der Waals surface area contributed by atoms with Crippen LogP contribution in [-0.2, 0) is 10.0 Å². The molecule has 2 aromatic rings. The molecule has 1 saturated heterocycles. The van der Waals surface area contributed by atoms with Crippen molar-refractivity contribution in [2.75, 3.05) is 38.5 Å². The van der Waals surface area contributed by atoms with E-state index in [2.05, 4.69) is 10.2 Å². The minimum atomic E-state index is -3.58. The van der Waals surface area contributed by atoms with Crippen molar-refractivity contribution in [1.82, 2.24) is 9.21 Å². The number of amides is 1. The highest BCUT2D eigenvalue weighted by Crippen LogP contribution is 2.22. The number of hydrogen-bond donors (Lipinski definition) is 1. The van der Waals surface area contributed by atoms with Crippen molar-refractivity contribution in [3.05, 3.63) is 47.4 Å². The third-order valence-electron chi connectivity index (χ3n) is 4.48. The number of piperazine rings is 1. The molecular weight excluding hydrogens is 354 g/mol. The first-order valence-electron chi connectivity index (χ1n) is 8.44. The lowest BCUT2D eigenvalue weighted by Gasteiger charge is -2.31. The van der Waals surface area contributed by atoms with Crippen molar-refractivity contribution in [2.24, 2.45) is 0 Å². The third-order valence-corrected chi connectivity index (χ3v) is 6.37. The van der Waals surface area contributed by atoms with Crippen LogP contribution in [0.1, 0.15) is 21.9 Å². The molecule has 0 unspecified atom stereocenters. The number of aryl methyl sites for hydroxylation is 2. The standard InChI is InChI=1S/C18H23N3O4S/c1-13-11-17(14(2)25-13)18(22)19-15-5-4-6-16(12-15)26(23,24)21-9-7-20(3)8-10-21/h4-6,11-12H,7-10H2,1-3H3,(H,19,22). The second-order valence-electron chi connectivity index (χ2n) is 6.52.